The molecule has 1 atom stereocenters. The van der Waals surface area contributed by atoms with Crippen molar-refractivity contribution in [1.29, 1.82) is 0 Å². The molecule has 5 nitrogen and oxygen atoms in total. The van der Waals surface area contributed by atoms with Crippen LogP contribution in [0.15, 0.2) is 24.3 Å². The molecule has 1 saturated heterocycles. The molecule has 0 radical (unpaired) electrons. The van der Waals surface area contributed by atoms with Crippen LogP contribution in [0.5, 0.6) is 0 Å². The van der Waals surface area contributed by atoms with Crippen molar-refractivity contribution in [3.05, 3.63) is 34.9 Å². The molecular formula is C16H21ClN2O3. The highest BCUT2D eigenvalue weighted by atomic mass is 35.5. The van der Waals surface area contributed by atoms with Crippen molar-refractivity contribution in [3.8, 4) is 0 Å². The van der Waals surface area contributed by atoms with Crippen LogP contribution >= 0.6 is 11.6 Å². The van der Waals surface area contributed by atoms with E-state index in [0.717, 1.165) is 5.56 Å². The van der Waals surface area contributed by atoms with E-state index in [9.17, 15) is 9.59 Å². The van der Waals surface area contributed by atoms with Gasteiger partial charge in [0.2, 0.25) is 11.8 Å². The first-order valence-electron chi connectivity index (χ1n) is 7.44. The maximum Gasteiger partial charge on any atom is 0.245 e. The Morgan fingerprint density at radius 3 is 2.73 bits per heavy atom. The van der Waals surface area contributed by atoms with Crippen molar-refractivity contribution in [2.75, 3.05) is 26.3 Å². The maximum atomic E-state index is 12.5. The van der Waals surface area contributed by atoms with Gasteiger partial charge in [0.25, 0.3) is 0 Å². The minimum absolute atomic E-state index is 0.0566. The third-order valence-corrected chi connectivity index (χ3v) is 4.15. The van der Waals surface area contributed by atoms with E-state index < -0.39 is 6.04 Å². The number of ether oxygens (including phenoxy) is 1. The molecule has 0 saturated carbocycles. The Morgan fingerprint density at radius 1 is 1.32 bits per heavy atom. The molecule has 0 N–H and O–H groups in total. The van der Waals surface area contributed by atoms with Gasteiger partial charge in [0.1, 0.15) is 12.6 Å². The number of piperazine rings is 1. The molecule has 22 heavy (non-hydrogen) atoms. The molecule has 1 aliphatic rings. The van der Waals surface area contributed by atoms with E-state index in [4.69, 9.17) is 16.3 Å². The van der Waals surface area contributed by atoms with Crippen molar-refractivity contribution in [2.24, 2.45) is 0 Å². The smallest absolute Gasteiger partial charge is 0.245 e. The van der Waals surface area contributed by atoms with Crippen molar-refractivity contribution in [2.45, 2.75) is 26.4 Å². The fourth-order valence-electron chi connectivity index (χ4n) is 2.54. The highest BCUT2D eigenvalue weighted by molar-refractivity contribution is 6.31. The molecule has 0 aliphatic carbocycles. The summed E-state index contributed by atoms with van der Waals surface area (Å²) >= 11 is 6.13. The Labute approximate surface area is 135 Å². The topological polar surface area (TPSA) is 49.9 Å². The Bertz CT molecular complexity index is 550. The van der Waals surface area contributed by atoms with Crippen LogP contribution in [0.3, 0.4) is 0 Å². The first-order valence-corrected chi connectivity index (χ1v) is 7.81. The highest BCUT2D eigenvalue weighted by Crippen LogP contribution is 2.20. The molecule has 1 aliphatic heterocycles. The van der Waals surface area contributed by atoms with Crippen LogP contribution in [0.4, 0.5) is 0 Å². The van der Waals surface area contributed by atoms with Crippen LogP contribution in [-0.2, 0) is 20.9 Å². The van der Waals surface area contributed by atoms with E-state index in [-0.39, 0.29) is 18.4 Å². The zero-order valence-corrected chi connectivity index (χ0v) is 13.7. The summed E-state index contributed by atoms with van der Waals surface area (Å²) in [7, 11) is 0. The summed E-state index contributed by atoms with van der Waals surface area (Å²) in [5.74, 6) is -0.116. The summed E-state index contributed by atoms with van der Waals surface area (Å²) in [6.07, 6.45) is 0. The van der Waals surface area contributed by atoms with E-state index in [2.05, 4.69) is 0 Å². The molecule has 1 aromatic carbocycles. The number of halogens is 1. The minimum Gasteiger partial charge on any atom is -0.380 e. The Morgan fingerprint density at radius 2 is 2.05 bits per heavy atom. The summed E-state index contributed by atoms with van der Waals surface area (Å²) in [4.78, 5) is 27.9. The van der Waals surface area contributed by atoms with Gasteiger partial charge in [-0.15, -0.1) is 0 Å². The monoisotopic (exact) mass is 324 g/mol. The van der Waals surface area contributed by atoms with Crippen LogP contribution in [-0.4, -0.2) is 54.0 Å². The van der Waals surface area contributed by atoms with Gasteiger partial charge in [-0.2, -0.15) is 0 Å². The molecule has 2 amide bonds. The minimum atomic E-state index is -0.468. The molecule has 6 heteroatoms. The van der Waals surface area contributed by atoms with Gasteiger partial charge in [-0.3, -0.25) is 9.59 Å². The van der Waals surface area contributed by atoms with Gasteiger partial charge in [-0.1, -0.05) is 29.8 Å². The van der Waals surface area contributed by atoms with Crippen molar-refractivity contribution in [1.82, 2.24) is 9.80 Å². The summed E-state index contributed by atoms with van der Waals surface area (Å²) in [6.45, 7) is 5.59. The first kappa shape index (κ1) is 16.8. The van der Waals surface area contributed by atoms with Crippen molar-refractivity contribution >= 4 is 23.4 Å². The van der Waals surface area contributed by atoms with Crippen LogP contribution < -0.4 is 0 Å². The molecule has 0 aromatic heterocycles. The summed E-state index contributed by atoms with van der Waals surface area (Å²) < 4.78 is 5.27. The molecule has 0 unspecified atom stereocenters. The van der Waals surface area contributed by atoms with Crippen molar-refractivity contribution < 1.29 is 14.3 Å². The van der Waals surface area contributed by atoms with Gasteiger partial charge < -0.3 is 14.5 Å². The van der Waals surface area contributed by atoms with E-state index in [1.54, 1.807) is 22.8 Å². The van der Waals surface area contributed by atoms with E-state index in [1.807, 2.05) is 25.1 Å². The lowest BCUT2D eigenvalue weighted by atomic mass is 10.1. The largest absolute Gasteiger partial charge is 0.380 e. The quantitative estimate of drug-likeness (QED) is 0.751. The number of nitrogens with zero attached hydrogens (tertiary/aromatic N) is 2. The summed E-state index contributed by atoms with van der Waals surface area (Å²) in [5.41, 5.74) is 0.847. The van der Waals surface area contributed by atoms with Gasteiger partial charge in [-0.05, 0) is 25.5 Å². The lowest BCUT2D eigenvalue weighted by molar-refractivity contribution is -0.156. The van der Waals surface area contributed by atoms with Crippen molar-refractivity contribution in [3.63, 3.8) is 0 Å². The molecule has 0 bridgehead atoms. The lowest BCUT2D eigenvalue weighted by Gasteiger charge is -2.38. The SMILES string of the molecule is CCOCCN1C(=O)CN(Cc2ccccc2Cl)C(=O)[C@@H]1C. The third-order valence-electron chi connectivity index (χ3n) is 3.78. The summed E-state index contributed by atoms with van der Waals surface area (Å²) in [6, 6.07) is 6.89. The Hall–Kier alpha value is -1.59. The van der Waals surface area contributed by atoms with E-state index in [1.165, 1.54) is 0 Å². The third kappa shape index (κ3) is 3.78. The fourth-order valence-corrected chi connectivity index (χ4v) is 2.73. The maximum absolute atomic E-state index is 12.5. The zero-order valence-electron chi connectivity index (χ0n) is 12.9. The Kier molecular flexibility index (Phi) is 5.80. The normalized spacial score (nSPS) is 19.0. The molecule has 120 valence electrons. The first-order chi connectivity index (χ1) is 10.5. The Balaban J connectivity index is 2.03. The van der Waals surface area contributed by atoms with Gasteiger partial charge in [0, 0.05) is 24.7 Å². The number of carbonyl (C=O) groups excluding carboxylic acids is 2. The number of rotatable bonds is 6. The number of benzene rings is 1. The molecule has 0 spiro atoms. The predicted octanol–water partition coefficient (Wildman–Crippen LogP) is 1.94. The second kappa shape index (κ2) is 7.61. The lowest BCUT2D eigenvalue weighted by Crippen LogP contribution is -2.59. The highest BCUT2D eigenvalue weighted by Gasteiger charge is 2.36. The molecule has 1 aromatic rings. The van der Waals surface area contributed by atoms with E-state index in [0.29, 0.717) is 31.3 Å². The predicted molar refractivity (Wildman–Crippen MR) is 84.5 cm³/mol. The van der Waals surface area contributed by atoms with Crippen LogP contribution in [0, 0.1) is 0 Å². The van der Waals surface area contributed by atoms with Crippen LogP contribution in [0.2, 0.25) is 5.02 Å². The standard InChI is InChI=1S/C16H21ClN2O3/c1-3-22-9-8-19-12(2)16(21)18(11-15(19)20)10-13-6-4-5-7-14(13)17/h4-7,12H,3,8-11H2,1-2H3/t12-/m0/s1. The second-order valence-corrected chi connectivity index (χ2v) is 5.65. The van der Waals surface area contributed by atoms with Crippen LogP contribution in [0.25, 0.3) is 0 Å². The molecular weight excluding hydrogens is 304 g/mol. The van der Waals surface area contributed by atoms with Gasteiger partial charge >= 0.3 is 0 Å². The number of hydrogen-bond acceptors (Lipinski definition) is 3. The molecule has 1 heterocycles. The average molecular weight is 325 g/mol. The van der Waals surface area contributed by atoms with Gasteiger partial charge in [0.15, 0.2) is 0 Å². The molecule has 2 rings (SSSR count). The van der Waals surface area contributed by atoms with Gasteiger partial charge in [-0.25, -0.2) is 0 Å². The number of carbonyl (C=O) groups is 2. The average Bonchev–Trinajstić information content (AvgIpc) is 2.50. The fraction of sp³-hybridized carbons (Fsp3) is 0.500. The van der Waals surface area contributed by atoms with Crippen LogP contribution in [0.1, 0.15) is 19.4 Å². The number of amides is 2. The second-order valence-electron chi connectivity index (χ2n) is 5.25. The summed E-state index contributed by atoms with van der Waals surface area (Å²) in [5, 5.41) is 0.606. The molecule has 1 fully saturated rings. The van der Waals surface area contributed by atoms with E-state index >= 15 is 0 Å². The zero-order chi connectivity index (χ0) is 16.1. The van der Waals surface area contributed by atoms with Gasteiger partial charge in [0.05, 0.1) is 6.61 Å². The number of hydrogen-bond donors (Lipinski definition) is 0.